The van der Waals surface area contributed by atoms with Crippen LogP contribution in [-0.4, -0.2) is 61.4 Å². The molecule has 1 aromatic carbocycles. The minimum atomic E-state index is -0.0716. The molecule has 1 fully saturated rings. The average Bonchev–Trinajstić information content (AvgIpc) is 3.07. The Morgan fingerprint density at radius 1 is 1.29 bits per heavy atom. The molecule has 130 valence electrons. The van der Waals surface area contributed by atoms with E-state index in [9.17, 15) is 4.79 Å². The Balaban J connectivity index is 1.82. The number of amides is 1. The first kappa shape index (κ1) is 16.8. The van der Waals surface area contributed by atoms with E-state index < -0.39 is 0 Å². The van der Waals surface area contributed by atoms with Crippen LogP contribution in [0.2, 0.25) is 0 Å². The lowest BCUT2D eigenvalue weighted by molar-refractivity contribution is 0.0511. The van der Waals surface area contributed by atoms with Crippen molar-refractivity contribution >= 4 is 16.8 Å². The van der Waals surface area contributed by atoms with Gasteiger partial charge in [0.2, 0.25) is 0 Å². The summed E-state index contributed by atoms with van der Waals surface area (Å²) in [5, 5.41) is 4.15. The molecule has 1 saturated heterocycles. The Morgan fingerprint density at radius 2 is 2.08 bits per heavy atom. The third-order valence-corrected chi connectivity index (χ3v) is 4.63. The van der Waals surface area contributed by atoms with Gasteiger partial charge in [-0.15, -0.1) is 0 Å². The summed E-state index contributed by atoms with van der Waals surface area (Å²) >= 11 is 0. The Bertz CT molecular complexity index is 740. The van der Waals surface area contributed by atoms with Gasteiger partial charge in [-0.3, -0.25) is 4.79 Å². The lowest BCUT2D eigenvalue weighted by Crippen LogP contribution is -2.44. The van der Waals surface area contributed by atoms with E-state index in [1.54, 1.807) is 7.11 Å². The molecule has 6 nitrogen and oxygen atoms in total. The minimum absolute atomic E-state index is 0.00926. The number of likely N-dealkylation sites (N-methyl/N-ethyl adjacent to an activating group) is 1. The molecule has 1 amide bonds. The van der Waals surface area contributed by atoms with Crippen molar-refractivity contribution in [2.75, 3.05) is 33.9 Å². The molecule has 1 aliphatic rings. The second kappa shape index (κ2) is 6.83. The van der Waals surface area contributed by atoms with Gasteiger partial charge in [0.25, 0.3) is 5.91 Å². The van der Waals surface area contributed by atoms with Gasteiger partial charge in [0.1, 0.15) is 11.4 Å². The van der Waals surface area contributed by atoms with Crippen LogP contribution >= 0.6 is 0 Å². The topological polar surface area (TPSA) is 55.7 Å². The van der Waals surface area contributed by atoms with Gasteiger partial charge in [-0.2, -0.15) is 0 Å². The first-order chi connectivity index (χ1) is 11.5. The quantitative estimate of drug-likeness (QED) is 0.905. The molecule has 1 aromatic heterocycles. The molecule has 6 heteroatoms. The molecule has 0 spiro atoms. The summed E-state index contributed by atoms with van der Waals surface area (Å²) in [5.41, 5.74) is 1.62. The number of nitrogens with one attached hydrogen (secondary N) is 1. The van der Waals surface area contributed by atoms with E-state index in [2.05, 4.69) is 10.2 Å². The first-order valence-corrected chi connectivity index (χ1v) is 8.28. The zero-order chi connectivity index (χ0) is 17.3. The largest absolute Gasteiger partial charge is 0.497 e. The van der Waals surface area contributed by atoms with E-state index in [4.69, 9.17) is 9.47 Å². The number of aromatic nitrogens is 1. The second-order valence-corrected chi connectivity index (χ2v) is 6.31. The summed E-state index contributed by atoms with van der Waals surface area (Å²) in [7, 11) is 5.58. The molecule has 0 unspecified atom stereocenters. The number of rotatable bonds is 5. The highest BCUT2D eigenvalue weighted by atomic mass is 16.5. The number of carbonyl (C=O) groups excluding carboxylic acids is 1. The molecular formula is C18H25N3O3. The highest BCUT2D eigenvalue weighted by Gasteiger charge is 2.33. The highest BCUT2D eigenvalue weighted by molar-refractivity contribution is 5.99. The van der Waals surface area contributed by atoms with E-state index in [1.165, 1.54) is 0 Å². The molecule has 2 heterocycles. The van der Waals surface area contributed by atoms with E-state index in [-0.39, 0.29) is 18.1 Å². The summed E-state index contributed by atoms with van der Waals surface area (Å²) in [5.74, 6) is 0.710. The fourth-order valence-corrected chi connectivity index (χ4v) is 3.38. The number of nitrogens with zero attached hydrogens (tertiary/aromatic N) is 2. The Kier molecular flexibility index (Phi) is 4.78. The SMILES string of the molecule is CCO[C@@H]1CN(C)C[C@H]1NC(=O)c1cc2ccc(OC)cc2n1C. The Hall–Kier alpha value is -2.05. The monoisotopic (exact) mass is 331 g/mol. The second-order valence-electron chi connectivity index (χ2n) is 6.31. The van der Waals surface area contributed by atoms with E-state index in [0.717, 1.165) is 29.7 Å². The molecule has 0 bridgehead atoms. The van der Waals surface area contributed by atoms with Gasteiger partial charge < -0.3 is 24.3 Å². The molecule has 24 heavy (non-hydrogen) atoms. The minimum Gasteiger partial charge on any atom is -0.497 e. The lowest BCUT2D eigenvalue weighted by atomic mass is 10.2. The fourth-order valence-electron chi connectivity index (χ4n) is 3.38. The van der Waals surface area contributed by atoms with Crippen LogP contribution in [0.1, 0.15) is 17.4 Å². The van der Waals surface area contributed by atoms with Crippen molar-refractivity contribution < 1.29 is 14.3 Å². The van der Waals surface area contributed by atoms with Crippen molar-refractivity contribution in [3.8, 4) is 5.75 Å². The number of hydrogen-bond acceptors (Lipinski definition) is 4. The number of benzene rings is 1. The van der Waals surface area contributed by atoms with Gasteiger partial charge in [0.05, 0.1) is 24.8 Å². The van der Waals surface area contributed by atoms with Crippen molar-refractivity contribution in [3.05, 3.63) is 30.0 Å². The lowest BCUT2D eigenvalue weighted by Gasteiger charge is -2.19. The van der Waals surface area contributed by atoms with Gasteiger partial charge in [-0.1, -0.05) is 0 Å². The van der Waals surface area contributed by atoms with Crippen LogP contribution in [0.15, 0.2) is 24.3 Å². The maximum absolute atomic E-state index is 12.8. The number of aryl methyl sites for hydroxylation is 1. The van der Waals surface area contributed by atoms with Crippen molar-refractivity contribution in [2.45, 2.75) is 19.1 Å². The van der Waals surface area contributed by atoms with Crippen molar-refractivity contribution in [2.24, 2.45) is 7.05 Å². The third kappa shape index (κ3) is 3.12. The highest BCUT2D eigenvalue weighted by Crippen LogP contribution is 2.24. The maximum Gasteiger partial charge on any atom is 0.268 e. The zero-order valence-corrected chi connectivity index (χ0v) is 14.7. The molecule has 3 rings (SSSR count). The normalized spacial score (nSPS) is 21.3. The average molecular weight is 331 g/mol. The van der Waals surface area contributed by atoms with Gasteiger partial charge in [0.15, 0.2) is 0 Å². The molecule has 2 atom stereocenters. The molecule has 0 saturated carbocycles. The summed E-state index contributed by atoms with van der Waals surface area (Å²) in [6.07, 6.45) is 0.0405. The standard InChI is InChI=1S/C18H25N3O3/c1-5-24-17-11-20(2)10-14(17)19-18(22)16-8-12-6-7-13(23-4)9-15(12)21(16)3/h6-9,14,17H,5,10-11H2,1-4H3,(H,19,22)/t14-,17-/m1/s1. The Morgan fingerprint density at radius 3 is 2.79 bits per heavy atom. The van der Waals surface area contributed by atoms with Gasteiger partial charge in [0, 0.05) is 38.2 Å². The van der Waals surface area contributed by atoms with Crippen LogP contribution in [0.3, 0.4) is 0 Å². The molecular weight excluding hydrogens is 306 g/mol. The molecule has 0 radical (unpaired) electrons. The summed E-state index contributed by atoms with van der Waals surface area (Å²) < 4.78 is 12.9. The predicted octanol–water partition coefficient (Wildman–Crippen LogP) is 1.64. The van der Waals surface area contributed by atoms with E-state index in [0.29, 0.717) is 12.3 Å². The Labute approximate surface area is 142 Å². The van der Waals surface area contributed by atoms with E-state index >= 15 is 0 Å². The van der Waals surface area contributed by atoms with Crippen LogP contribution in [0, 0.1) is 0 Å². The van der Waals surface area contributed by atoms with Crippen molar-refractivity contribution in [1.82, 2.24) is 14.8 Å². The van der Waals surface area contributed by atoms with Crippen molar-refractivity contribution in [1.29, 1.82) is 0 Å². The number of hydrogen-bond donors (Lipinski definition) is 1. The number of fused-ring (bicyclic) bond motifs is 1. The predicted molar refractivity (Wildman–Crippen MR) is 93.6 cm³/mol. The fraction of sp³-hybridized carbons (Fsp3) is 0.500. The van der Waals surface area contributed by atoms with Crippen LogP contribution in [0.5, 0.6) is 5.75 Å². The number of ether oxygens (including phenoxy) is 2. The number of carbonyl (C=O) groups is 1. The molecule has 0 aliphatic carbocycles. The van der Waals surface area contributed by atoms with Gasteiger partial charge in [-0.25, -0.2) is 0 Å². The van der Waals surface area contributed by atoms with Crippen LogP contribution in [0.25, 0.3) is 10.9 Å². The van der Waals surface area contributed by atoms with Crippen molar-refractivity contribution in [3.63, 3.8) is 0 Å². The van der Waals surface area contributed by atoms with Crippen LogP contribution < -0.4 is 10.1 Å². The van der Waals surface area contributed by atoms with E-state index in [1.807, 2.05) is 49.9 Å². The smallest absolute Gasteiger partial charge is 0.268 e. The summed E-state index contributed by atoms with van der Waals surface area (Å²) in [4.78, 5) is 14.9. The maximum atomic E-state index is 12.8. The van der Waals surface area contributed by atoms with Gasteiger partial charge in [-0.05, 0) is 32.2 Å². The zero-order valence-electron chi connectivity index (χ0n) is 14.7. The number of likely N-dealkylation sites (tertiary alicyclic amines) is 1. The van der Waals surface area contributed by atoms with Crippen LogP contribution in [-0.2, 0) is 11.8 Å². The molecule has 2 aromatic rings. The number of methoxy groups -OCH3 is 1. The third-order valence-electron chi connectivity index (χ3n) is 4.63. The molecule has 1 N–H and O–H groups in total. The summed E-state index contributed by atoms with van der Waals surface area (Å²) in [6, 6.07) is 7.74. The summed E-state index contributed by atoms with van der Waals surface area (Å²) in [6.45, 7) is 4.27. The first-order valence-electron chi connectivity index (χ1n) is 8.28. The molecule has 1 aliphatic heterocycles. The van der Waals surface area contributed by atoms with Crippen LogP contribution in [0.4, 0.5) is 0 Å². The van der Waals surface area contributed by atoms with Gasteiger partial charge >= 0.3 is 0 Å².